The van der Waals surface area contributed by atoms with Gasteiger partial charge in [0.05, 0.1) is 0 Å². The zero-order valence-corrected chi connectivity index (χ0v) is 15.8. The molecule has 134 valence electrons. The van der Waals surface area contributed by atoms with E-state index in [0.29, 0.717) is 5.75 Å². The van der Waals surface area contributed by atoms with E-state index in [-0.39, 0.29) is 0 Å². The van der Waals surface area contributed by atoms with Gasteiger partial charge in [0.2, 0.25) is 0 Å². The van der Waals surface area contributed by atoms with Crippen LogP contribution in [0.25, 0.3) is 0 Å². The second-order valence-corrected chi connectivity index (χ2v) is 7.04. The van der Waals surface area contributed by atoms with Crippen LogP contribution in [0.5, 0.6) is 0 Å². The molecular formula is C18H38O3S. The fraction of sp³-hybridized carbons (Fsp3) is 0.944. The van der Waals surface area contributed by atoms with Crippen molar-refractivity contribution in [1.29, 1.82) is 0 Å². The summed E-state index contributed by atoms with van der Waals surface area (Å²) >= 11 is 0.995. The molecule has 0 aliphatic rings. The van der Waals surface area contributed by atoms with Gasteiger partial charge in [0.1, 0.15) is 0 Å². The van der Waals surface area contributed by atoms with Crippen LogP contribution in [0, 0.1) is 0 Å². The fourth-order valence-corrected chi connectivity index (χ4v) is 2.60. The third kappa shape index (κ3) is 22.1. The van der Waals surface area contributed by atoms with Crippen molar-refractivity contribution in [2.24, 2.45) is 0 Å². The van der Waals surface area contributed by atoms with Crippen LogP contribution in [0.2, 0.25) is 0 Å². The number of rotatable bonds is 14. The Morgan fingerprint density at radius 1 is 0.773 bits per heavy atom. The number of carbonyl (C=O) groups is 1. The number of unbranched alkanes of at least 4 members (excludes halogenated alkanes) is 11. The Labute approximate surface area is 142 Å². The molecule has 4 heteroatoms. The van der Waals surface area contributed by atoms with Crippen LogP contribution in [0.4, 0.5) is 0 Å². The first-order valence-electron chi connectivity index (χ1n) is 9.12. The Hall–Kier alpha value is -0.220. The van der Waals surface area contributed by atoms with E-state index in [1.54, 1.807) is 6.92 Å². The quantitative estimate of drug-likeness (QED) is 0.309. The van der Waals surface area contributed by atoms with Crippen LogP contribution in [-0.4, -0.2) is 27.4 Å². The molecule has 0 amide bonds. The molecule has 0 aromatic heterocycles. The van der Waals surface area contributed by atoms with E-state index in [1.165, 1.54) is 77.0 Å². The molecule has 0 saturated heterocycles. The summed E-state index contributed by atoms with van der Waals surface area (Å²) in [6, 6.07) is 0. The third-order valence-corrected chi connectivity index (χ3v) is 4.34. The van der Waals surface area contributed by atoms with Gasteiger partial charge >= 0.3 is 5.97 Å². The maximum absolute atomic E-state index is 9.82. The van der Waals surface area contributed by atoms with Gasteiger partial charge in [-0.1, -0.05) is 97.8 Å². The van der Waals surface area contributed by atoms with E-state index in [9.17, 15) is 4.79 Å². The first kappa shape index (κ1) is 24.0. The van der Waals surface area contributed by atoms with Gasteiger partial charge in [-0.3, -0.25) is 0 Å². The van der Waals surface area contributed by atoms with E-state index in [0.717, 1.165) is 11.8 Å². The average Bonchev–Trinajstić information content (AvgIpc) is 2.50. The fourth-order valence-electron chi connectivity index (χ4n) is 2.14. The lowest BCUT2D eigenvalue weighted by atomic mass is 10.1. The number of hydrogen-bond donors (Lipinski definition) is 2. The van der Waals surface area contributed by atoms with Crippen molar-refractivity contribution in [2.75, 3.05) is 5.75 Å². The van der Waals surface area contributed by atoms with E-state index < -0.39 is 11.4 Å². The van der Waals surface area contributed by atoms with Crippen LogP contribution in [0.1, 0.15) is 97.8 Å². The first-order chi connectivity index (χ1) is 10.6. The van der Waals surface area contributed by atoms with Gasteiger partial charge in [0, 0.05) is 0 Å². The molecule has 0 aliphatic carbocycles. The molecule has 0 saturated carbocycles. The Balaban J connectivity index is 0. The molecule has 0 fully saturated rings. The van der Waals surface area contributed by atoms with Gasteiger partial charge in [0.25, 0.3) is 0 Å². The predicted molar refractivity (Wildman–Crippen MR) is 98.5 cm³/mol. The molecule has 3 nitrogen and oxygen atoms in total. The van der Waals surface area contributed by atoms with Gasteiger partial charge in [-0.15, -0.1) is 11.8 Å². The highest BCUT2D eigenvalue weighted by molar-refractivity contribution is 8.00. The topological polar surface area (TPSA) is 57.5 Å². The Morgan fingerprint density at radius 3 is 1.27 bits per heavy atom. The standard InChI is InChI=1S/C14H30.C4H8O3S/c1-3-5-7-9-11-13-14-12-10-8-6-4-2;1-2-8-4(7)3(5)6/h3-14H2,1-2H3;4,7H,2H2,1H3,(H,5,6). The zero-order valence-electron chi connectivity index (χ0n) is 15.0. The normalized spacial score (nSPS) is 11.6. The average molecular weight is 335 g/mol. The number of aliphatic hydroxyl groups excluding tert-OH is 1. The number of carboxylic acids is 1. The van der Waals surface area contributed by atoms with Crippen LogP contribution in [-0.2, 0) is 4.79 Å². The van der Waals surface area contributed by atoms with Crippen molar-refractivity contribution in [2.45, 2.75) is 103 Å². The second-order valence-electron chi connectivity index (χ2n) is 5.68. The minimum Gasteiger partial charge on any atom is -0.479 e. The zero-order chi connectivity index (χ0) is 17.1. The maximum Gasteiger partial charge on any atom is 0.343 e. The predicted octanol–water partition coefficient (Wildman–Crippen LogP) is 5.85. The van der Waals surface area contributed by atoms with E-state index in [2.05, 4.69) is 13.8 Å². The number of carboxylic acid groups (broad SMARTS) is 1. The summed E-state index contributed by atoms with van der Waals surface area (Å²) in [6.07, 6.45) is 17.4. The number of hydrogen-bond acceptors (Lipinski definition) is 3. The molecule has 22 heavy (non-hydrogen) atoms. The molecule has 2 N–H and O–H groups in total. The SMILES string of the molecule is CCCCCCCCCCCCCC.CCSC(O)C(=O)O. The third-order valence-electron chi connectivity index (χ3n) is 3.49. The second kappa shape index (κ2) is 20.8. The van der Waals surface area contributed by atoms with Crippen molar-refractivity contribution in [1.82, 2.24) is 0 Å². The summed E-state index contributed by atoms with van der Waals surface area (Å²) in [5, 5.41) is 16.5. The molecule has 1 unspecified atom stereocenters. The summed E-state index contributed by atoms with van der Waals surface area (Å²) in [5.74, 6) is -0.551. The highest BCUT2D eigenvalue weighted by Gasteiger charge is 2.10. The molecule has 0 aromatic rings. The van der Waals surface area contributed by atoms with Gasteiger partial charge in [-0.2, -0.15) is 0 Å². The molecular weight excluding hydrogens is 296 g/mol. The summed E-state index contributed by atoms with van der Waals surface area (Å²) in [6.45, 7) is 6.36. The van der Waals surface area contributed by atoms with Crippen LogP contribution in [0.15, 0.2) is 0 Å². The molecule has 1 atom stereocenters. The minimum absolute atomic E-state index is 0.619. The van der Waals surface area contributed by atoms with Gasteiger partial charge in [-0.25, -0.2) is 4.79 Å². The van der Waals surface area contributed by atoms with Gasteiger partial charge in [0.15, 0.2) is 5.44 Å². The number of aliphatic carboxylic acids is 1. The highest BCUT2D eigenvalue weighted by Crippen LogP contribution is 2.11. The molecule has 0 bridgehead atoms. The smallest absolute Gasteiger partial charge is 0.343 e. The monoisotopic (exact) mass is 334 g/mol. The maximum atomic E-state index is 9.82. The lowest BCUT2D eigenvalue weighted by molar-refractivity contribution is -0.141. The summed E-state index contributed by atoms with van der Waals surface area (Å²) < 4.78 is 0. The Bertz CT molecular complexity index is 210. The van der Waals surface area contributed by atoms with Crippen molar-refractivity contribution in [3.05, 3.63) is 0 Å². The molecule has 0 radical (unpaired) electrons. The van der Waals surface area contributed by atoms with Crippen molar-refractivity contribution < 1.29 is 15.0 Å². The van der Waals surface area contributed by atoms with Gasteiger partial charge in [-0.05, 0) is 5.75 Å². The molecule has 0 spiro atoms. The minimum atomic E-state index is -1.25. The van der Waals surface area contributed by atoms with E-state index in [1.807, 2.05) is 0 Å². The first-order valence-corrected chi connectivity index (χ1v) is 10.2. The number of aliphatic hydroxyl groups is 1. The molecule has 0 heterocycles. The van der Waals surface area contributed by atoms with Crippen molar-refractivity contribution in [3.8, 4) is 0 Å². The Morgan fingerprint density at radius 2 is 1.09 bits per heavy atom. The summed E-state index contributed by atoms with van der Waals surface area (Å²) in [5.41, 5.74) is -1.25. The summed E-state index contributed by atoms with van der Waals surface area (Å²) in [4.78, 5) is 9.82. The summed E-state index contributed by atoms with van der Waals surface area (Å²) in [7, 11) is 0. The number of thioether (sulfide) groups is 1. The molecule has 0 aliphatic heterocycles. The van der Waals surface area contributed by atoms with E-state index >= 15 is 0 Å². The molecule has 0 aromatic carbocycles. The largest absolute Gasteiger partial charge is 0.479 e. The molecule has 0 rings (SSSR count). The van der Waals surface area contributed by atoms with Crippen molar-refractivity contribution >= 4 is 17.7 Å². The lowest BCUT2D eigenvalue weighted by Crippen LogP contribution is -2.14. The van der Waals surface area contributed by atoms with Crippen LogP contribution < -0.4 is 0 Å². The van der Waals surface area contributed by atoms with Gasteiger partial charge < -0.3 is 10.2 Å². The van der Waals surface area contributed by atoms with Crippen LogP contribution in [0.3, 0.4) is 0 Å². The van der Waals surface area contributed by atoms with Crippen molar-refractivity contribution in [3.63, 3.8) is 0 Å². The highest BCUT2D eigenvalue weighted by atomic mass is 32.2. The lowest BCUT2D eigenvalue weighted by Gasteiger charge is -2.01. The Kier molecular flexibility index (Phi) is 22.7. The van der Waals surface area contributed by atoms with Crippen LogP contribution >= 0.6 is 11.8 Å². The van der Waals surface area contributed by atoms with E-state index in [4.69, 9.17) is 10.2 Å².